The van der Waals surface area contributed by atoms with E-state index < -0.39 is 3.24 Å². The lowest BCUT2D eigenvalue weighted by Crippen LogP contribution is -2.05. The summed E-state index contributed by atoms with van der Waals surface area (Å²) >= 11 is 13.1. The third-order valence-electron chi connectivity index (χ3n) is 0.179. The minimum absolute atomic E-state index is 0.282. The molecule has 0 radical (unpaired) electrons. The molecule has 0 aromatic carbocycles. The third kappa shape index (κ3) is 5.02. The maximum absolute atomic E-state index is 8.09. The standard InChI is InChI=1S/C2H3BrCl2O/c3-2(4,5)1-6/h6H,1H2. The van der Waals surface area contributed by atoms with E-state index in [-0.39, 0.29) is 6.61 Å². The predicted molar refractivity (Wildman–Crippen MR) is 30.4 cm³/mol. The van der Waals surface area contributed by atoms with Gasteiger partial charge in [0.15, 0.2) is 3.24 Å². The van der Waals surface area contributed by atoms with Crippen LogP contribution in [0.5, 0.6) is 0 Å². The van der Waals surface area contributed by atoms with E-state index in [0.717, 1.165) is 0 Å². The van der Waals surface area contributed by atoms with Gasteiger partial charge in [0, 0.05) is 0 Å². The normalized spacial score (nSPS) is 12.0. The summed E-state index contributed by atoms with van der Waals surface area (Å²) in [7, 11) is 0. The van der Waals surface area contributed by atoms with Crippen LogP contribution in [0.15, 0.2) is 0 Å². The fourth-order valence-electron chi connectivity index (χ4n) is 0. The van der Waals surface area contributed by atoms with Crippen molar-refractivity contribution in [2.24, 2.45) is 0 Å². The molecular formula is C2H3BrCl2O. The molecule has 0 aliphatic carbocycles. The molecule has 38 valence electrons. The van der Waals surface area contributed by atoms with Gasteiger partial charge in [-0.3, -0.25) is 0 Å². The summed E-state index contributed by atoms with van der Waals surface area (Å²) in [5.74, 6) is 0. The quantitative estimate of drug-likeness (QED) is 0.627. The lowest BCUT2D eigenvalue weighted by molar-refractivity contribution is 0.307. The van der Waals surface area contributed by atoms with Gasteiger partial charge in [0.25, 0.3) is 0 Å². The molecule has 0 aromatic rings. The van der Waals surface area contributed by atoms with E-state index in [0.29, 0.717) is 0 Å². The Balaban J connectivity index is 3.17. The van der Waals surface area contributed by atoms with Gasteiger partial charge < -0.3 is 5.11 Å². The van der Waals surface area contributed by atoms with E-state index in [9.17, 15) is 0 Å². The minimum Gasteiger partial charge on any atom is -0.392 e. The lowest BCUT2D eigenvalue weighted by atomic mass is 10.9. The fourth-order valence-corrected chi connectivity index (χ4v) is 0. The van der Waals surface area contributed by atoms with Gasteiger partial charge in [0.2, 0.25) is 0 Å². The van der Waals surface area contributed by atoms with Gasteiger partial charge in [-0.25, -0.2) is 0 Å². The van der Waals surface area contributed by atoms with Crippen LogP contribution in [0.4, 0.5) is 0 Å². The molecule has 4 heteroatoms. The van der Waals surface area contributed by atoms with Gasteiger partial charge in [0.05, 0.1) is 6.61 Å². The molecule has 1 N–H and O–H groups in total. The second-order valence-electron chi connectivity index (χ2n) is 0.773. The summed E-state index contributed by atoms with van der Waals surface area (Å²) in [5.41, 5.74) is 0. The van der Waals surface area contributed by atoms with E-state index in [1.807, 2.05) is 0 Å². The summed E-state index contributed by atoms with van der Waals surface area (Å²) in [6.45, 7) is -0.282. The molecule has 0 rings (SSSR count). The Bertz CT molecular complexity index is 41.3. The van der Waals surface area contributed by atoms with Crippen molar-refractivity contribution in [1.82, 2.24) is 0 Å². The Morgan fingerprint density at radius 3 is 1.83 bits per heavy atom. The SMILES string of the molecule is OCC(Cl)(Cl)Br. The minimum atomic E-state index is -1.15. The smallest absolute Gasteiger partial charge is 0.194 e. The Morgan fingerprint density at radius 1 is 1.67 bits per heavy atom. The predicted octanol–water partition coefficient (Wildman–Crippen LogP) is 1.50. The van der Waals surface area contributed by atoms with Crippen molar-refractivity contribution in [2.45, 2.75) is 3.24 Å². The molecule has 1 nitrogen and oxygen atoms in total. The van der Waals surface area contributed by atoms with E-state index in [1.54, 1.807) is 0 Å². The number of aliphatic hydroxyl groups is 1. The van der Waals surface area contributed by atoms with Gasteiger partial charge in [-0.2, -0.15) is 0 Å². The summed E-state index contributed by atoms with van der Waals surface area (Å²) in [6.07, 6.45) is 0. The molecule has 0 fully saturated rings. The zero-order valence-electron chi connectivity index (χ0n) is 2.79. The van der Waals surface area contributed by atoms with Gasteiger partial charge in [0.1, 0.15) is 0 Å². The van der Waals surface area contributed by atoms with Crippen LogP contribution in [0.2, 0.25) is 0 Å². The van der Waals surface area contributed by atoms with E-state index in [1.165, 1.54) is 0 Å². The first-order chi connectivity index (χ1) is 2.56. The number of rotatable bonds is 1. The zero-order valence-corrected chi connectivity index (χ0v) is 5.89. The van der Waals surface area contributed by atoms with Crippen LogP contribution >= 0.6 is 39.1 Å². The van der Waals surface area contributed by atoms with Crippen molar-refractivity contribution >= 4 is 39.1 Å². The van der Waals surface area contributed by atoms with Crippen molar-refractivity contribution in [3.05, 3.63) is 0 Å². The van der Waals surface area contributed by atoms with Crippen molar-refractivity contribution in [1.29, 1.82) is 0 Å². The Labute approximate surface area is 54.4 Å². The van der Waals surface area contributed by atoms with Gasteiger partial charge in [-0.05, 0) is 15.9 Å². The molecule has 0 aliphatic rings. The van der Waals surface area contributed by atoms with Crippen molar-refractivity contribution in [2.75, 3.05) is 6.61 Å². The Kier molecular flexibility index (Phi) is 2.76. The fraction of sp³-hybridized carbons (Fsp3) is 1.00. The molecule has 0 saturated carbocycles. The van der Waals surface area contributed by atoms with E-state index >= 15 is 0 Å². The summed E-state index contributed by atoms with van der Waals surface area (Å²) in [5, 5.41) is 8.09. The molecule has 0 saturated heterocycles. The first-order valence-corrected chi connectivity index (χ1v) is 2.79. The van der Waals surface area contributed by atoms with Gasteiger partial charge >= 0.3 is 0 Å². The van der Waals surface area contributed by atoms with E-state index in [2.05, 4.69) is 15.9 Å². The summed E-state index contributed by atoms with van der Waals surface area (Å²) in [4.78, 5) is 0. The van der Waals surface area contributed by atoms with Crippen molar-refractivity contribution < 1.29 is 5.11 Å². The maximum atomic E-state index is 8.09. The second kappa shape index (κ2) is 2.36. The van der Waals surface area contributed by atoms with Crippen LogP contribution < -0.4 is 0 Å². The number of hydrogen-bond donors (Lipinski definition) is 1. The van der Waals surface area contributed by atoms with Crippen LogP contribution in [0.3, 0.4) is 0 Å². The van der Waals surface area contributed by atoms with Crippen LogP contribution in [-0.2, 0) is 0 Å². The average molecular weight is 194 g/mol. The van der Waals surface area contributed by atoms with Crippen LogP contribution in [-0.4, -0.2) is 15.0 Å². The molecule has 0 aliphatic heterocycles. The second-order valence-corrected chi connectivity index (χ2v) is 4.52. The topological polar surface area (TPSA) is 20.2 Å². The highest BCUT2D eigenvalue weighted by Gasteiger charge is 2.15. The highest BCUT2D eigenvalue weighted by Crippen LogP contribution is 2.26. The zero-order chi connectivity index (χ0) is 5.21. The van der Waals surface area contributed by atoms with Crippen molar-refractivity contribution in [3.8, 4) is 0 Å². The molecule has 0 unspecified atom stereocenters. The molecule has 0 spiro atoms. The summed E-state index contributed by atoms with van der Waals surface area (Å²) < 4.78 is -1.15. The first kappa shape index (κ1) is 7.02. The molecule has 0 aromatic heterocycles. The average Bonchev–Trinajstić information content (AvgIpc) is 1.35. The largest absolute Gasteiger partial charge is 0.392 e. The van der Waals surface area contributed by atoms with Crippen LogP contribution in [0, 0.1) is 0 Å². The Morgan fingerprint density at radius 2 is 1.83 bits per heavy atom. The molecule has 0 heterocycles. The molecule has 6 heavy (non-hydrogen) atoms. The van der Waals surface area contributed by atoms with Gasteiger partial charge in [-0.15, -0.1) is 0 Å². The molecule has 0 bridgehead atoms. The molecule has 0 atom stereocenters. The first-order valence-electron chi connectivity index (χ1n) is 1.24. The number of alkyl halides is 3. The molecule has 0 amide bonds. The third-order valence-corrected chi connectivity index (χ3v) is 0.669. The number of halogens is 3. The monoisotopic (exact) mass is 192 g/mol. The van der Waals surface area contributed by atoms with Gasteiger partial charge in [-0.1, -0.05) is 23.2 Å². The van der Waals surface area contributed by atoms with Crippen LogP contribution in [0.25, 0.3) is 0 Å². The lowest BCUT2D eigenvalue weighted by Gasteiger charge is -2.02. The Hall–Kier alpha value is 1.02. The van der Waals surface area contributed by atoms with Crippen molar-refractivity contribution in [3.63, 3.8) is 0 Å². The highest BCUT2D eigenvalue weighted by molar-refractivity contribution is 9.11. The highest BCUT2D eigenvalue weighted by atomic mass is 79.9. The summed E-state index contributed by atoms with van der Waals surface area (Å²) in [6, 6.07) is 0. The number of aliphatic hydroxyl groups excluding tert-OH is 1. The van der Waals surface area contributed by atoms with E-state index in [4.69, 9.17) is 28.3 Å². The molecular weight excluding hydrogens is 191 g/mol. The maximum Gasteiger partial charge on any atom is 0.194 e. The van der Waals surface area contributed by atoms with Crippen LogP contribution in [0.1, 0.15) is 0 Å². The number of hydrogen-bond acceptors (Lipinski definition) is 1.